The number of benzene rings is 3. The first-order valence-electron chi connectivity index (χ1n) is 14.6. The maximum absolute atomic E-state index is 5.04. The van der Waals surface area contributed by atoms with E-state index in [0.717, 1.165) is 50.8 Å². The lowest BCUT2D eigenvalue weighted by Gasteiger charge is -2.28. The van der Waals surface area contributed by atoms with Gasteiger partial charge in [-0.25, -0.2) is 4.98 Å². The molecule has 4 aliphatic rings. The third kappa shape index (κ3) is 3.08. The fourth-order valence-electron chi connectivity index (χ4n) is 7.55. The number of nitrogens with one attached hydrogen (secondary N) is 1. The summed E-state index contributed by atoms with van der Waals surface area (Å²) in [5.41, 5.74) is 18.6. The molecule has 1 aliphatic heterocycles. The largest absolute Gasteiger partial charge is 0.345 e. The van der Waals surface area contributed by atoms with Crippen molar-refractivity contribution in [3.05, 3.63) is 81.4 Å². The van der Waals surface area contributed by atoms with Crippen LogP contribution >= 0.6 is 0 Å². The number of aromatic nitrogens is 2. The van der Waals surface area contributed by atoms with Gasteiger partial charge in [-0.2, -0.15) is 0 Å². The van der Waals surface area contributed by atoms with E-state index in [1.165, 1.54) is 67.0 Å². The summed E-state index contributed by atoms with van der Waals surface area (Å²) in [4.78, 5) is 13.7. The van der Waals surface area contributed by atoms with E-state index < -0.39 is 0 Å². The summed E-state index contributed by atoms with van der Waals surface area (Å²) in [6.45, 7) is 8.99. The first-order chi connectivity index (χ1) is 18.5. The third-order valence-electron chi connectivity index (χ3n) is 9.58. The zero-order chi connectivity index (χ0) is 25.7. The molecule has 0 fully saturated rings. The van der Waals surface area contributed by atoms with Crippen LogP contribution < -0.4 is 0 Å². The van der Waals surface area contributed by atoms with E-state index in [0.29, 0.717) is 11.8 Å². The number of allylic oxidation sites excluding steroid dienone is 2. The first-order valence-corrected chi connectivity index (χ1v) is 14.6. The first kappa shape index (κ1) is 22.5. The van der Waals surface area contributed by atoms with Gasteiger partial charge in [-0.05, 0) is 99.7 Å². The SMILES string of the molecule is CC(C)C1=NC2=C(C1)c1ccc3c4c(ccc3c1CC2)-c1ccc2c(c1CC4)CCc1[nH]c(C(C)C)nc1-2. The Kier molecular flexibility index (Phi) is 4.75. The Morgan fingerprint density at radius 1 is 0.632 bits per heavy atom. The number of fused-ring (bicyclic) bond motifs is 12. The number of aryl methyl sites for hydroxylation is 3. The van der Waals surface area contributed by atoms with Gasteiger partial charge >= 0.3 is 0 Å². The number of rotatable bonds is 2. The second kappa shape index (κ2) is 8.02. The summed E-state index contributed by atoms with van der Waals surface area (Å²) in [7, 11) is 0. The van der Waals surface area contributed by atoms with Crippen molar-refractivity contribution in [3.8, 4) is 22.4 Å². The second-order valence-electron chi connectivity index (χ2n) is 12.4. The van der Waals surface area contributed by atoms with E-state index in [-0.39, 0.29) is 0 Å². The van der Waals surface area contributed by atoms with Gasteiger partial charge < -0.3 is 4.98 Å². The van der Waals surface area contributed by atoms with Gasteiger partial charge in [0.05, 0.1) is 5.69 Å². The topological polar surface area (TPSA) is 41.0 Å². The fraction of sp³-hybridized carbons (Fsp3) is 0.371. The Labute approximate surface area is 225 Å². The highest BCUT2D eigenvalue weighted by molar-refractivity contribution is 6.04. The molecule has 1 N–H and O–H groups in total. The van der Waals surface area contributed by atoms with E-state index in [2.05, 4.69) is 69.1 Å². The predicted octanol–water partition coefficient (Wildman–Crippen LogP) is 8.38. The monoisotopic (exact) mass is 497 g/mol. The minimum Gasteiger partial charge on any atom is -0.345 e. The number of hydrogen-bond donors (Lipinski definition) is 1. The molecule has 0 radical (unpaired) electrons. The lowest BCUT2D eigenvalue weighted by atomic mass is 9.76. The van der Waals surface area contributed by atoms with Gasteiger partial charge in [-0.15, -0.1) is 0 Å². The Morgan fingerprint density at radius 2 is 1.24 bits per heavy atom. The summed E-state index contributed by atoms with van der Waals surface area (Å²) >= 11 is 0. The van der Waals surface area contributed by atoms with Crippen LogP contribution in [0.4, 0.5) is 0 Å². The molecule has 0 spiro atoms. The fourth-order valence-corrected chi connectivity index (χ4v) is 7.55. The van der Waals surface area contributed by atoms with Gasteiger partial charge in [-0.1, -0.05) is 64.1 Å². The summed E-state index contributed by atoms with van der Waals surface area (Å²) in [6, 6.07) is 14.4. The van der Waals surface area contributed by atoms with Crippen molar-refractivity contribution in [2.24, 2.45) is 10.9 Å². The van der Waals surface area contributed by atoms with E-state index >= 15 is 0 Å². The summed E-state index contributed by atoms with van der Waals surface area (Å²) in [5.74, 6) is 2.07. The van der Waals surface area contributed by atoms with E-state index in [9.17, 15) is 0 Å². The number of aromatic amines is 1. The van der Waals surface area contributed by atoms with Gasteiger partial charge in [0.1, 0.15) is 5.82 Å². The van der Waals surface area contributed by atoms with Crippen LogP contribution in [0.25, 0.3) is 38.7 Å². The molecule has 0 bridgehead atoms. The highest BCUT2D eigenvalue weighted by Gasteiger charge is 2.30. The molecule has 1 aromatic heterocycles. The molecule has 0 saturated carbocycles. The number of imidazole rings is 1. The zero-order valence-electron chi connectivity index (χ0n) is 23.0. The van der Waals surface area contributed by atoms with Crippen molar-refractivity contribution in [2.45, 2.75) is 78.6 Å². The molecule has 38 heavy (non-hydrogen) atoms. The van der Waals surface area contributed by atoms with E-state index in [1.807, 2.05) is 0 Å². The number of aliphatic imine (C=N–C) groups is 1. The van der Waals surface area contributed by atoms with Crippen molar-refractivity contribution < 1.29 is 0 Å². The molecule has 3 heteroatoms. The molecule has 4 aromatic rings. The highest BCUT2D eigenvalue weighted by atomic mass is 14.9. The standard InChI is InChI=1S/C35H35N3/c1-18(2)33-17-30-28-10-9-22-20-7-8-25-24(21(20)5-6-23(22)26(28)13-15-31(30)36-33)11-12-29-27(25)14-16-32-34(29)38-35(37-32)19(3)4/h5-6,9-12,18-19H,7-8,13-17H2,1-4H3,(H,37,38). The molecule has 0 unspecified atom stereocenters. The van der Waals surface area contributed by atoms with Crippen LogP contribution in [-0.4, -0.2) is 15.7 Å². The van der Waals surface area contributed by atoms with Crippen LogP contribution in [0.2, 0.25) is 0 Å². The van der Waals surface area contributed by atoms with Crippen LogP contribution in [0.15, 0.2) is 47.1 Å². The van der Waals surface area contributed by atoms with Gasteiger partial charge in [0.2, 0.25) is 0 Å². The smallest absolute Gasteiger partial charge is 0.109 e. The van der Waals surface area contributed by atoms with Crippen molar-refractivity contribution in [1.29, 1.82) is 0 Å². The molecule has 0 amide bonds. The van der Waals surface area contributed by atoms with Gasteiger partial charge in [0.15, 0.2) is 0 Å². The molecular formula is C35H35N3. The van der Waals surface area contributed by atoms with Gasteiger partial charge in [-0.3, -0.25) is 4.99 Å². The van der Waals surface area contributed by atoms with Crippen LogP contribution in [0, 0.1) is 5.92 Å². The molecule has 2 heterocycles. The Morgan fingerprint density at radius 3 is 2.03 bits per heavy atom. The van der Waals surface area contributed by atoms with E-state index in [4.69, 9.17) is 9.98 Å². The molecular weight excluding hydrogens is 462 g/mol. The minimum atomic E-state index is 0.425. The lowest BCUT2D eigenvalue weighted by Crippen LogP contribution is -2.13. The minimum absolute atomic E-state index is 0.425. The number of hydrogen-bond acceptors (Lipinski definition) is 2. The summed E-state index contributed by atoms with van der Waals surface area (Å²) in [6.07, 6.45) is 7.64. The lowest BCUT2D eigenvalue weighted by molar-refractivity contribution is 0.786. The number of nitrogens with zero attached hydrogens (tertiary/aromatic N) is 2. The second-order valence-corrected chi connectivity index (χ2v) is 12.4. The number of H-pyrrole nitrogens is 1. The van der Waals surface area contributed by atoms with E-state index in [1.54, 1.807) is 16.7 Å². The van der Waals surface area contributed by atoms with Crippen LogP contribution in [0.3, 0.4) is 0 Å². The zero-order valence-corrected chi connectivity index (χ0v) is 23.0. The van der Waals surface area contributed by atoms with Crippen molar-refractivity contribution >= 4 is 22.1 Å². The average molecular weight is 498 g/mol. The molecule has 3 nitrogen and oxygen atoms in total. The third-order valence-corrected chi connectivity index (χ3v) is 9.58. The molecule has 3 aromatic carbocycles. The molecule has 0 saturated heterocycles. The van der Waals surface area contributed by atoms with Gasteiger partial charge in [0.25, 0.3) is 0 Å². The summed E-state index contributed by atoms with van der Waals surface area (Å²) < 4.78 is 0. The van der Waals surface area contributed by atoms with Crippen LogP contribution in [0.5, 0.6) is 0 Å². The molecule has 0 atom stereocenters. The van der Waals surface area contributed by atoms with Crippen molar-refractivity contribution in [2.75, 3.05) is 0 Å². The predicted molar refractivity (Wildman–Crippen MR) is 158 cm³/mol. The maximum Gasteiger partial charge on any atom is 0.109 e. The summed E-state index contributed by atoms with van der Waals surface area (Å²) in [5, 5.41) is 2.93. The Balaban J connectivity index is 1.23. The van der Waals surface area contributed by atoms with Crippen molar-refractivity contribution in [3.63, 3.8) is 0 Å². The average Bonchev–Trinajstić information content (AvgIpc) is 3.57. The Bertz CT molecular complexity index is 1740. The van der Waals surface area contributed by atoms with Crippen LogP contribution in [-0.2, 0) is 32.1 Å². The van der Waals surface area contributed by atoms with Crippen molar-refractivity contribution in [1.82, 2.24) is 9.97 Å². The normalized spacial score (nSPS) is 17.3. The molecule has 3 aliphatic carbocycles. The highest BCUT2D eigenvalue weighted by Crippen LogP contribution is 2.47. The van der Waals surface area contributed by atoms with Gasteiger partial charge in [0, 0.05) is 35.0 Å². The quantitative estimate of drug-likeness (QED) is 0.297. The Hall–Kier alpha value is -3.46. The van der Waals surface area contributed by atoms with Crippen LogP contribution in [0.1, 0.15) is 85.8 Å². The molecule has 8 rings (SSSR count). The maximum atomic E-state index is 5.04. The molecule has 190 valence electrons.